The van der Waals surface area contributed by atoms with Crippen LogP contribution in [0, 0.1) is 11.8 Å². The number of nitrogens with one attached hydrogen (secondary N) is 1. The number of rotatable bonds is 3. The van der Waals surface area contributed by atoms with E-state index >= 15 is 0 Å². The van der Waals surface area contributed by atoms with E-state index in [1.807, 2.05) is 5.38 Å². The fraction of sp³-hybridized carbons (Fsp3) is 0.600. The highest BCUT2D eigenvalue weighted by Crippen LogP contribution is 2.28. The minimum atomic E-state index is 0.0118. The second kappa shape index (κ2) is 5.66. The van der Waals surface area contributed by atoms with Crippen LogP contribution in [-0.2, 0) is 6.54 Å². The van der Waals surface area contributed by atoms with Gasteiger partial charge in [0.1, 0.15) is 0 Å². The highest BCUT2D eigenvalue weighted by molar-refractivity contribution is 7.15. The van der Waals surface area contributed by atoms with Crippen LogP contribution < -0.4 is 10.9 Å². The summed E-state index contributed by atoms with van der Waals surface area (Å²) in [6.07, 6.45) is 5.70. The predicted octanol–water partition coefficient (Wildman–Crippen LogP) is 2.67. The van der Waals surface area contributed by atoms with Crippen molar-refractivity contribution in [1.29, 1.82) is 0 Å². The van der Waals surface area contributed by atoms with Gasteiger partial charge in [-0.15, -0.1) is 11.3 Å². The summed E-state index contributed by atoms with van der Waals surface area (Å²) in [5, 5.41) is 5.51. The van der Waals surface area contributed by atoms with E-state index in [4.69, 9.17) is 0 Å². The molecular weight excluding hydrogens is 270 g/mol. The van der Waals surface area contributed by atoms with Gasteiger partial charge in [-0.05, 0) is 24.7 Å². The molecule has 0 radical (unpaired) electrons. The van der Waals surface area contributed by atoms with Crippen LogP contribution in [0.3, 0.4) is 0 Å². The van der Waals surface area contributed by atoms with Crippen molar-refractivity contribution in [2.75, 3.05) is 0 Å². The third-order valence-electron chi connectivity index (χ3n) is 4.42. The van der Waals surface area contributed by atoms with Crippen LogP contribution in [0.2, 0.25) is 0 Å². The molecule has 20 heavy (non-hydrogen) atoms. The number of aromatic nitrogens is 2. The van der Waals surface area contributed by atoms with Crippen molar-refractivity contribution in [3.05, 3.63) is 33.7 Å². The molecule has 0 saturated heterocycles. The molecule has 0 amide bonds. The van der Waals surface area contributed by atoms with Crippen LogP contribution in [0.25, 0.3) is 4.96 Å². The lowest BCUT2D eigenvalue weighted by Gasteiger charge is -2.35. The van der Waals surface area contributed by atoms with Crippen molar-refractivity contribution in [3.63, 3.8) is 0 Å². The topological polar surface area (TPSA) is 46.4 Å². The van der Waals surface area contributed by atoms with Gasteiger partial charge in [-0.25, -0.2) is 4.98 Å². The van der Waals surface area contributed by atoms with E-state index in [0.717, 1.165) is 10.7 Å². The molecule has 2 heterocycles. The Kier molecular flexibility index (Phi) is 3.89. The monoisotopic (exact) mass is 291 g/mol. The fourth-order valence-electron chi connectivity index (χ4n) is 3.28. The van der Waals surface area contributed by atoms with Gasteiger partial charge in [-0.3, -0.25) is 9.20 Å². The Labute approximate surface area is 122 Å². The van der Waals surface area contributed by atoms with E-state index in [0.29, 0.717) is 24.4 Å². The molecule has 1 saturated carbocycles. The van der Waals surface area contributed by atoms with E-state index < -0.39 is 0 Å². The van der Waals surface area contributed by atoms with Crippen molar-refractivity contribution in [1.82, 2.24) is 14.7 Å². The molecule has 108 valence electrons. The minimum absolute atomic E-state index is 0.0118. The standard InChI is InChI=1S/C15H21N3OS/c1-10-4-3-5-11(2)14(10)16-9-12-8-13(19)18-6-7-20-15(18)17-12/h6-8,10-11,14,16H,3-5,9H2,1-2H3. The molecule has 1 N–H and O–H groups in total. The number of hydrogen-bond donors (Lipinski definition) is 1. The molecule has 2 aromatic heterocycles. The molecule has 2 aromatic rings. The average molecular weight is 291 g/mol. The molecular formula is C15H21N3OS. The van der Waals surface area contributed by atoms with Gasteiger partial charge in [0.15, 0.2) is 4.96 Å². The maximum atomic E-state index is 11.9. The summed E-state index contributed by atoms with van der Waals surface area (Å²) in [5.41, 5.74) is 0.861. The summed E-state index contributed by atoms with van der Waals surface area (Å²) >= 11 is 1.50. The Morgan fingerprint density at radius 3 is 2.90 bits per heavy atom. The van der Waals surface area contributed by atoms with E-state index in [2.05, 4.69) is 24.1 Å². The summed E-state index contributed by atoms with van der Waals surface area (Å²) in [6.45, 7) is 5.32. The van der Waals surface area contributed by atoms with E-state index in [9.17, 15) is 4.79 Å². The third-order valence-corrected chi connectivity index (χ3v) is 5.18. The van der Waals surface area contributed by atoms with Gasteiger partial charge >= 0.3 is 0 Å². The van der Waals surface area contributed by atoms with Crippen LogP contribution in [0.4, 0.5) is 0 Å². The first kappa shape index (κ1) is 13.8. The van der Waals surface area contributed by atoms with Gasteiger partial charge < -0.3 is 5.32 Å². The van der Waals surface area contributed by atoms with E-state index in [1.165, 1.54) is 30.6 Å². The van der Waals surface area contributed by atoms with Gasteiger partial charge in [0, 0.05) is 30.2 Å². The zero-order valence-electron chi connectivity index (χ0n) is 12.0. The van der Waals surface area contributed by atoms with Crippen molar-refractivity contribution in [2.24, 2.45) is 11.8 Å². The normalized spacial score (nSPS) is 27.0. The van der Waals surface area contributed by atoms with Crippen LogP contribution in [0.15, 0.2) is 22.4 Å². The summed E-state index contributed by atoms with van der Waals surface area (Å²) in [5.74, 6) is 1.40. The van der Waals surface area contributed by atoms with Gasteiger partial charge in [-0.2, -0.15) is 0 Å². The van der Waals surface area contributed by atoms with Crippen molar-refractivity contribution in [2.45, 2.75) is 45.7 Å². The summed E-state index contributed by atoms with van der Waals surface area (Å²) < 4.78 is 1.60. The lowest BCUT2D eigenvalue weighted by Crippen LogP contribution is -2.42. The second-order valence-corrected chi connectivity index (χ2v) is 6.81. The first-order chi connectivity index (χ1) is 9.65. The first-order valence-electron chi connectivity index (χ1n) is 7.34. The number of thiazole rings is 1. The van der Waals surface area contributed by atoms with Crippen LogP contribution in [0.1, 0.15) is 38.8 Å². The van der Waals surface area contributed by atoms with Gasteiger partial charge in [-0.1, -0.05) is 20.3 Å². The summed E-state index contributed by atoms with van der Waals surface area (Å²) in [6, 6.07) is 2.18. The Morgan fingerprint density at radius 1 is 1.40 bits per heavy atom. The number of nitrogens with zero attached hydrogens (tertiary/aromatic N) is 2. The van der Waals surface area contributed by atoms with Crippen LogP contribution in [0.5, 0.6) is 0 Å². The highest BCUT2D eigenvalue weighted by Gasteiger charge is 2.27. The second-order valence-electron chi connectivity index (χ2n) is 5.93. The lowest BCUT2D eigenvalue weighted by molar-refractivity contribution is 0.207. The molecule has 5 heteroatoms. The van der Waals surface area contributed by atoms with E-state index in [-0.39, 0.29) is 5.56 Å². The average Bonchev–Trinajstić information content (AvgIpc) is 2.87. The molecule has 0 bridgehead atoms. The van der Waals surface area contributed by atoms with Gasteiger partial charge in [0.2, 0.25) is 0 Å². The molecule has 0 spiro atoms. The highest BCUT2D eigenvalue weighted by atomic mass is 32.1. The van der Waals surface area contributed by atoms with Gasteiger partial charge in [0.05, 0.1) is 5.69 Å². The van der Waals surface area contributed by atoms with Crippen molar-refractivity contribution < 1.29 is 0 Å². The van der Waals surface area contributed by atoms with Crippen LogP contribution >= 0.6 is 11.3 Å². The predicted molar refractivity (Wildman–Crippen MR) is 82.1 cm³/mol. The summed E-state index contributed by atoms with van der Waals surface area (Å²) in [7, 11) is 0. The molecule has 2 unspecified atom stereocenters. The number of hydrogen-bond acceptors (Lipinski definition) is 4. The Morgan fingerprint density at radius 2 is 2.15 bits per heavy atom. The Bertz CT molecular complexity index is 638. The maximum absolute atomic E-state index is 11.9. The first-order valence-corrected chi connectivity index (χ1v) is 8.22. The van der Waals surface area contributed by atoms with Crippen LogP contribution in [-0.4, -0.2) is 15.4 Å². The molecule has 0 aliphatic heterocycles. The van der Waals surface area contributed by atoms with E-state index in [1.54, 1.807) is 16.7 Å². The maximum Gasteiger partial charge on any atom is 0.258 e. The molecule has 3 rings (SSSR count). The largest absolute Gasteiger partial charge is 0.308 e. The fourth-order valence-corrected chi connectivity index (χ4v) is 4.02. The summed E-state index contributed by atoms with van der Waals surface area (Å²) in [4.78, 5) is 17.3. The molecule has 1 fully saturated rings. The third kappa shape index (κ3) is 2.65. The van der Waals surface area contributed by atoms with Gasteiger partial charge in [0.25, 0.3) is 5.56 Å². The smallest absolute Gasteiger partial charge is 0.258 e. The van der Waals surface area contributed by atoms with Crippen molar-refractivity contribution in [3.8, 4) is 0 Å². The SMILES string of the molecule is CC1CCCC(C)C1NCc1cc(=O)n2ccsc2n1. The minimum Gasteiger partial charge on any atom is -0.308 e. The quantitative estimate of drug-likeness (QED) is 0.945. The lowest BCUT2D eigenvalue weighted by atomic mass is 9.79. The number of fused-ring (bicyclic) bond motifs is 1. The molecule has 1 aliphatic rings. The molecule has 1 aliphatic carbocycles. The molecule has 2 atom stereocenters. The molecule has 4 nitrogen and oxygen atoms in total. The zero-order valence-corrected chi connectivity index (χ0v) is 12.8. The molecule has 0 aromatic carbocycles. The Hall–Kier alpha value is -1.20. The van der Waals surface area contributed by atoms with Crippen molar-refractivity contribution >= 4 is 16.3 Å². The zero-order chi connectivity index (χ0) is 14.1. The Balaban J connectivity index is 1.74.